The molecule has 81 valence electrons. The van der Waals surface area contributed by atoms with E-state index in [2.05, 4.69) is 0 Å². The van der Waals surface area contributed by atoms with Crippen molar-refractivity contribution in [1.29, 1.82) is 0 Å². The third-order valence-corrected chi connectivity index (χ3v) is 2.31. The summed E-state index contributed by atoms with van der Waals surface area (Å²) < 4.78 is 0. The lowest BCUT2D eigenvalue weighted by Gasteiger charge is -2.12. The Morgan fingerprint density at radius 1 is 1.00 bits per heavy atom. The second-order valence-electron chi connectivity index (χ2n) is 3.47. The van der Waals surface area contributed by atoms with Crippen molar-refractivity contribution in [1.82, 2.24) is 4.90 Å². The summed E-state index contributed by atoms with van der Waals surface area (Å²) in [5.41, 5.74) is 0. The third-order valence-electron chi connectivity index (χ3n) is 2.31. The Bertz CT molecular complexity index is 266. The Kier molecular flexibility index (Phi) is 4.74. The molecule has 0 saturated heterocycles. The summed E-state index contributed by atoms with van der Waals surface area (Å²) in [6, 6.07) is 0. The van der Waals surface area contributed by atoms with Gasteiger partial charge < -0.3 is 0 Å². The van der Waals surface area contributed by atoms with Gasteiger partial charge in [0, 0.05) is 25.1 Å². The lowest BCUT2D eigenvalue weighted by molar-refractivity contribution is -0.136. The topological polar surface area (TPSA) is 54.5 Å². The quantitative estimate of drug-likeness (QED) is 0.462. The number of carbonyl (C=O) groups is 2. The molecule has 0 aliphatic carbocycles. The first-order chi connectivity index (χ1) is 7.25. The van der Waals surface area contributed by atoms with E-state index in [-0.39, 0.29) is 11.8 Å². The summed E-state index contributed by atoms with van der Waals surface area (Å²) in [5, 5.41) is 0. The Hall–Kier alpha value is -1.45. The molecule has 4 heteroatoms. The van der Waals surface area contributed by atoms with Crippen LogP contribution in [0.5, 0.6) is 0 Å². The van der Waals surface area contributed by atoms with Crippen molar-refractivity contribution in [3.8, 4) is 0 Å². The number of amides is 2. The van der Waals surface area contributed by atoms with E-state index in [1.165, 1.54) is 17.1 Å². The molecule has 0 aromatic carbocycles. The van der Waals surface area contributed by atoms with Crippen LogP contribution in [-0.2, 0) is 14.4 Å². The fraction of sp³-hybridized carbons (Fsp3) is 0.545. The summed E-state index contributed by atoms with van der Waals surface area (Å²) in [6.07, 6.45) is 8.41. The number of imide groups is 1. The van der Waals surface area contributed by atoms with Gasteiger partial charge in [-0.15, -0.1) is 0 Å². The minimum atomic E-state index is -0.221. The molecule has 0 aromatic rings. The first-order valence-corrected chi connectivity index (χ1v) is 5.14. The van der Waals surface area contributed by atoms with Crippen molar-refractivity contribution in [3.05, 3.63) is 12.2 Å². The highest BCUT2D eigenvalue weighted by atomic mass is 16.2. The van der Waals surface area contributed by atoms with Crippen LogP contribution in [0.1, 0.15) is 32.1 Å². The van der Waals surface area contributed by atoms with Crippen LogP contribution in [0.4, 0.5) is 0 Å². The van der Waals surface area contributed by atoms with Crippen LogP contribution in [0.15, 0.2) is 12.2 Å². The van der Waals surface area contributed by atoms with E-state index in [0.717, 1.165) is 25.7 Å². The zero-order chi connectivity index (χ0) is 11.1. The second kappa shape index (κ2) is 6.11. The van der Waals surface area contributed by atoms with Gasteiger partial charge in [-0.25, -0.2) is 0 Å². The summed E-state index contributed by atoms with van der Waals surface area (Å²) in [7, 11) is 0. The van der Waals surface area contributed by atoms with Crippen molar-refractivity contribution in [2.45, 2.75) is 32.1 Å². The Morgan fingerprint density at radius 2 is 1.60 bits per heavy atom. The molecule has 0 fully saturated rings. The van der Waals surface area contributed by atoms with Crippen LogP contribution in [0, 0.1) is 0 Å². The molecule has 0 bridgehead atoms. The van der Waals surface area contributed by atoms with Gasteiger partial charge in [-0.1, -0.05) is 12.8 Å². The van der Waals surface area contributed by atoms with Crippen LogP contribution in [0.3, 0.4) is 0 Å². The largest absolute Gasteiger partial charge is 0.291 e. The Balaban J connectivity index is 2.08. The van der Waals surface area contributed by atoms with Crippen LogP contribution in [0.25, 0.3) is 0 Å². The van der Waals surface area contributed by atoms with Crippen molar-refractivity contribution >= 4 is 18.1 Å². The van der Waals surface area contributed by atoms with Gasteiger partial charge in [-0.3, -0.25) is 19.3 Å². The molecule has 0 spiro atoms. The predicted octanol–water partition coefficient (Wildman–Crippen LogP) is 0.972. The van der Waals surface area contributed by atoms with Crippen LogP contribution in [0.2, 0.25) is 0 Å². The van der Waals surface area contributed by atoms with Crippen LogP contribution < -0.4 is 0 Å². The zero-order valence-electron chi connectivity index (χ0n) is 8.57. The molecular formula is C11H14NO3. The molecule has 1 aliphatic rings. The third kappa shape index (κ3) is 3.65. The molecule has 0 atom stereocenters. The molecule has 0 N–H and O–H groups in total. The molecule has 1 aliphatic heterocycles. The van der Waals surface area contributed by atoms with E-state index in [1.807, 2.05) is 6.29 Å². The molecule has 4 nitrogen and oxygen atoms in total. The minimum Gasteiger partial charge on any atom is -0.291 e. The van der Waals surface area contributed by atoms with E-state index < -0.39 is 0 Å². The molecule has 0 saturated carbocycles. The van der Waals surface area contributed by atoms with Gasteiger partial charge >= 0.3 is 0 Å². The molecule has 1 rings (SSSR count). The highest BCUT2D eigenvalue weighted by Crippen LogP contribution is 2.07. The summed E-state index contributed by atoms with van der Waals surface area (Å²) in [4.78, 5) is 33.4. The maximum Gasteiger partial charge on any atom is 0.253 e. The first-order valence-electron chi connectivity index (χ1n) is 5.14. The number of nitrogens with zero attached hydrogens (tertiary/aromatic N) is 1. The number of rotatable bonds is 7. The van der Waals surface area contributed by atoms with E-state index in [4.69, 9.17) is 0 Å². The maximum atomic E-state index is 11.1. The number of hydrogen-bond donors (Lipinski definition) is 0. The van der Waals surface area contributed by atoms with Gasteiger partial charge in [0.05, 0.1) is 0 Å². The molecule has 15 heavy (non-hydrogen) atoms. The van der Waals surface area contributed by atoms with Crippen molar-refractivity contribution in [2.75, 3.05) is 6.54 Å². The predicted molar refractivity (Wildman–Crippen MR) is 54.6 cm³/mol. The minimum absolute atomic E-state index is 0.221. The number of hydrogen-bond acceptors (Lipinski definition) is 3. The van der Waals surface area contributed by atoms with E-state index in [9.17, 15) is 14.4 Å². The first kappa shape index (κ1) is 11.6. The fourth-order valence-corrected chi connectivity index (χ4v) is 1.47. The van der Waals surface area contributed by atoms with Crippen LogP contribution in [-0.4, -0.2) is 29.5 Å². The molecule has 1 heterocycles. The highest BCUT2D eigenvalue weighted by Gasteiger charge is 2.21. The maximum absolute atomic E-state index is 11.1. The van der Waals surface area contributed by atoms with Gasteiger partial charge in [0.2, 0.25) is 0 Å². The molecule has 2 amide bonds. The second-order valence-corrected chi connectivity index (χ2v) is 3.47. The molecular weight excluding hydrogens is 194 g/mol. The summed E-state index contributed by atoms with van der Waals surface area (Å²) in [6.45, 7) is 0.482. The van der Waals surface area contributed by atoms with Gasteiger partial charge in [0.25, 0.3) is 11.8 Å². The normalized spacial score (nSPS) is 15.1. The Morgan fingerprint density at radius 3 is 2.20 bits per heavy atom. The lowest BCUT2D eigenvalue weighted by Crippen LogP contribution is -2.30. The van der Waals surface area contributed by atoms with Gasteiger partial charge in [-0.05, 0) is 12.8 Å². The smallest absolute Gasteiger partial charge is 0.253 e. The Labute approximate surface area is 88.9 Å². The summed E-state index contributed by atoms with van der Waals surface area (Å²) >= 11 is 0. The molecule has 0 unspecified atom stereocenters. The zero-order valence-corrected chi connectivity index (χ0v) is 8.57. The number of carbonyl (C=O) groups excluding carboxylic acids is 3. The number of unbranched alkanes of at least 4 members (excludes halogenated alkanes) is 4. The molecule has 0 aromatic heterocycles. The van der Waals surface area contributed by atoms with Gasteiger partial charge in [-0.2, -0.15) is 0 Å². The molecule has 1 radical (unpaired) electrons. The fourth-order valence-electron chi connectivity index (χ4n) is 1.47. The lowest BCUT2D eigenvalue weighted by atomic mass is 10.1. The SMILES string of the molecule is O=[C]CCCCCCN1C(=O)C=CC1=O. The average Bonchev–Trinajstić information content (AvgIpc) is 2.54. The van der Waals surface area contributed by atoms with Gasteiger partial charge in [0.1, 0.15) is 0 Å². The van der Waals surface area contributed by atoms with Gasteiger partial charge in [0.15, 0.2) is 6.29 Å². The monoisotopic (exact) mass is 208 g/mol. The van der Waals surface area contributed by atoms with E-state index in [0.29, 0.717) is 13.0 Å². The summed E-state index contributed by atoms with van der Waals surface area (Å²) in [5.74, 6) is -0.442. The van der Waals surface area contributed by atoms with Crippen molar-refractivity contribution in [2.24, 2.45) is 0 Å². The standard InChI is InChI=1S/C11H14NO3/c13-9-5-3-1-2-4-8-12-10(14)6-7-11(12)15/h6-7H,1-5,8H2. The average molecular weight is 208 g/mol. The van der Waals surface area contributed by atoms with E-state index >= 15 is 0 Å². The van der Waals surface area contributed by atoms with Crippen molar-refractivity contribution < 1.29 is 14.4 Å². The van der Waals surface area contributed by atoms with E-state index in [1.54, 1.807) is 0 Å². The van der Waals surface area contributed by atoms with Crippen LogP contribution >= 0.6 is 0 Å². The highest BCUT2D eigenvalue weighted by molar-refractivity contribution is 6.12. The van der Waals surface area contributed by atoms with Crippen molar-refractivity contribution in [3.63, 3.8) is 0 Å².